The maximum absolute atomic E-state index is 13.0. The SMILES string of the molecule is CCCCCn1c2nc(Br)[nH]c2c(=O)n2c(-c3ccncn3)nnc12. The molecular weight excluding hydrogens is 388 g/mol. The van der Waals surface area contributed by atoms with Crippen LogP contribution >= 0.6 is 15.9 Å². The van der Waals surface area contributed by atoms with Gasteiger partial charge in [0.05, 0.1) is 0 Å². The Kier molecular flexibility index (Phi) is 4.04. The van der Waals surface area contributed by atoms with Crippen LogP contribution in [0.5, 0.6) is 0 Å². The van der Waals surface area contributed by atoms with E-state index in [0.29, 0.717) is 39.7 Å². The van der Waals surface area contributed by atoms with E-state index in [2.05, 4.69) is 53.0 Å². The van der Waals surface area contributed by atoms with E-state index in [0.717, 1.165) is 19.3 Å². The summed E-state index contributed by atoms with van der Waals surface area (Å²) in [6.45, 7) is 2.85. The van der Waals surface area contributed by atoms with E-state index in [1.807, 2.05) is 4.57 Å². The van der Waals surface area contributed by atoms with Gasteiger partial charge in [0, 0.05) is 12.7 Å². The maximum Gasteiger partial charge on any atom is 0.286 e. The normalized spacial score (nSPS) is 11.6. The summed E-state index contributed by atoms with van der Waals surface area (Å²) in [6, 6.07) is 1.70. The first-order chi connectivity index (χ1) is 12.2. The lowest BCUT2D eigenvalue weighted by atomic mass is 10.2. The van der Waals surface area contributed by atoms with Crippen LogP contribution in [0.15, 0.2) is 28.1 Å². The minimum absolute atomic E-state index is 0.256. The number of hydrogen-bond donors (Lipinski definition) is 1. The maximum atomic E-state index is 13.0. The van der Waals surface area contributed by atoms with Crippen molar-refractivity contribution in [3.8, 4) is 11.5 Å². The van der Waals surface area contributed by atoms with Crippen LogP contribution in [0.3, 0.4) is 0 Å². The molecule has 4 rings (SSSR count). The Hall–Kier alpha value is -2.62. The highest BCUT2D eigenvalue weighted by molar-refractivity contribution is 9.10. The van der Waals surface area contributed by atoms with Gasteiger partial charge in [0.1, 0.15) is 12.0 Å². The van der Waals surface area contributed by atoms with Crippen molar-refractivity contribution in [3.05, 3.63) is 33.7 Å². The molecule has 0 aliphatic carbocycles. The molecule has 25 heavy (non-hydrogen) atoms. The molecule has 9 nitrogen and oxygen atoms in total. The highest BCUT2D eigenvalue weighted by Gasteiger charge is 2.20. The summed E-state index contributed by atoms with van der Waals surface area (Å²) in [5.41, 5.74) is 1.26. The van der Waals surface area contributed by atoms with E-state index in [9.17, 15) is 4.79 Å². The van der Waals surface area contributed by atoms with E-state index in [-0.39, 0.29) is 5.56 Å². The van der Waals surface area contributed by atoms with Gasteiger partial charge in [0.15, 0.2) is 21.7 Å². The quantitative estimate of drug-likeness (QED) is 0.404. The molecule has 0 unspecified atom stereocenters. The molecule has 0 spiro atoms. The van der Waals surface area contributed by atoms with Crippen molar-refractivity contribution in [1.29, 1.82) is 0 Å². The van der Waals surface area contributed by atoms with Gasteiger partial charge in [0.25, 0.3) is 5.56 Å². The average Bonchev–Trinajstić information content (AvgIpc) is 3.23. The van der Waals surface area contributed by atoms with Crippen molar-refractivity contribution in [3.63, 3.8) is 0 Å². The summed E-state index contributed by atoms with van der Waals surface area (Å²) in [7, 11) is 0. The summed E-state index contributed by atoms with van der Waals surface area (Å²) in [5, 5.41) is 8.43. The fraction of sp³-hybridized carbons (Fsp3) is 0.333. The second-order valence-corrected chi connectivity index (χ2v) is 6.39. The molecule has 4 aromatic heterocycles. The predicted molar refractivity (Wildman–Crippen MR) is 95.1 cm³/mol. The van der Waals surface area contributed by atoms with Gasteiger partial charge in [0.2, 0.25) is 5.78 Å². The molecule has 4 heterocycles. The average molecular weight is 403 g/mol. The van der Waals surface area contributed by atoms with Crippen molar-refractivity contribution in [2.45, 2.75) is 32.7 Å². The first kappa shape index (κ1) is 15.9. The van der Waals surface area contributed by atoms with Gasteiger partial charge in [-0.1, -0.05) is 19.8 Å². The van der Waals surface area contributed by atoms with Gasteiger partial charge >= 0.3 is 0 Å². The lowest BCUT2D eigenvalue weighted by Gasteiger charge is -2.09. The largest absolute Gasteiger partial charge is 0.327 e. The first-order valence-corrected chi connectivity index (χ1v) is 8.79. The molecule has 0 aromatic carbocycles. The molecule has 0 amide bonds. The van der Waals surface area contributed by atoms with Crippen molar-refractivity contribution in [2.24, 2.45) is 0 Å². The second-order valence-electron chi connectivity index (χ2n) is 5.64. The molecule has 0 bridgehead atoms. The molecule has 0 atom stereocenters. The van der Waals surface area contributed by atoms with Crippen molar-refractivity contribution >= 4 is 32.9 Å². The number of aromatic nitrogens is 8. The Morgan fingerprint density at radius 2 is 2.16 bits per heavy atom. The van der Waals surface area contributed by atoms with Crippen LogP contribution in [-0.2, 0) is 6.54 Å². The number of H-pyrrole nitrogens is 1. The van der Waals surface area contributed by atoms with Crippen LogP contribution in [0.1, 0.15) is 26.2 Å². The summed E-state index contributed by atoms with van der Waals surface area (Å²) in [6.07, 6.45) is 6.17. The van der Waals surface area contributed by atoms with Gasteiger partial charge in [-0.3, -0.25) is 9.36 Å². The van der Waals surface area contributed by atoms with Gasteiger partial charge in [-0.15, -0.1) is 10.2 Å². The van der Waals surface area contributed by atoms with Gasteiger partial charge in [-0.25, -0.2) is 19.4 Å². The van der Waals surface area contributed by atoms with Crippen molar-refractivity contribution in [2.75, 3.05) is 0 Å². The zero-order valence-corrected chi connectivity index (χ0v) is 15.1. The number of rotatable bonds is 5. The second kappa shape index (κ2) is 6.36. The number of nitrogens with zero attached hydrogens (tertiary/aromatic N) is 7. The smallest absolute Gasteiger partial charge is 0.286 e. The molecule has 128 valence electrons. The molecule has 0 saturated carbocycles. The Balaban J connectivity index is 2.02. The minimum Gasteiger partial charge on any atom is -0.327 e. The fourth-order valence-corrected chi connectivity index (χ4v) is 3.21. The number of fused-ring (bicyclic) bond motifs is 2. The molecule has 1 N–H and O–H groups in total. The van der Waals surface area contributed by atoms with Crippen LogP contribution in [0.25, 0.3) is 28.5 Å². The summed E-state index contributed by atoms with van der Waals surface area (Å²) >= 11 is 3.31. The van der Waals surface area contributed by atoms with Crippen molar-refractivity contribution in [1.82, 2.24) is 39.1 Å². The van der Waals surface area contributed by atoms with Gasteiger partial charge < -0.3 is 4.98 Å². The van der Waals surface area contributed by atoms with E-state index >= 15 is 0 Å². The lowest BCUT2D eigenvalue weighted by molar-refractivity contribution is 0.612. The topological polar surface area (TPSA) is 107 Å². The number of hydrogen-bond acceptors (Lipinski definition) is 6. The molecule has 0 fully saturated rings. The standard InChI is InChI=1S/C15H15BrN8O/c1-2-3-4-7-23-12-10(19-14(16)20-12)13(25)24-11(21-22-15(23)24)9-5-6-17-8-18-9/h5-6,8H,2-4,7H2,1H3,(H,19,20). The molecule has 10 heteroatoms. The number of unbranched alkanes of at least 4 members (excludes halogenated alkanes) is 2. The Morgan fingerprint density at radius 3 is 2.92 bits per heavy atom. The van der Waals surface area contributed by atoms with Crippen LogP contribution in [0.4, 0.5) is 0 Å². The summed E-state index contributed by atoms with van der Waals surface area (Å²) in [4.78, 5) is 28.4. The van der Waals surface area contributed by atoms with Crippen LogP contribution in [0, 0.1) is 0 Å². The van der Waals surface area contributed by atoms with E-state index in [1.165, 1.54) is 10.7 Å². The zero-order chi connectivity index (χ0) is 17.4. The number of aromatic amines is 1. The Bertz CT molecular complexity index is 1100. The lowest BCUT2D eigenvalue weighted by Crippen LogP contribution is -2.20. The van der Waals surface area contributed by atoms with Crippen molar-refractivity contribution < 1.29 is 0 Å². The van der Waals surface area contributed by atoms with Gasteiger partial charge in [-0.05, 0) is 28.4 Å². The highest BCUT2D eigenvalue weighted by Crippen LogP contribution is 2.19. The third kappa shape index (κ3) is 2.62. The summed E-state index contributed by atoms with van der Waals surface area (Å²) < 4.78 is 3.90. The highest BCUT2D eigenvalue weighted by atomic mass is 79.9. The monoisotopic (exact) mass is 402 g/mol. The van der Waals surface area contributed by atoms with E-state index in [4.69, 9.17) is 0 Å². The zero-order valence-electron chi connectivity index (χ0n) is 13.5. The van der Waals surface area contributed by atoms with E-state index < -0.39 is 0 Å². The third-order valence-corrected chi connectivity index (χ3v) is 4.39. The third-order valence-electron chi connectivity index (χ3n) is 4.01. The van der Waals surface area contributed by atoms with E-state index in [1.54, 1.807) is 12.3 Å². The first-order valence-electron chi connectivity index (χ1n) is 8.00. The number of nitrogens with one attached hydrogen (secondary N) is 1. The molecule has 4 aromatic rings. The molecule has 0 aliphatic rings. The molecule has 0 radical (unpaired) electrons. The Labute approximate surface area is 150 Å². The van der Waals surface area contributed by atoms with Crippen LogP contribution < -0.4 is 5.56 Å². The molecular formula is C15H15BrN8O. The number of halogens is 1. The molecule has 0 aliphatic heterocycles. The fourth-order valence-electron chi connectivity index (χ4n) is 2.84. The van der Waals surface area contributed by atoms with Crippen LogP contribution in [0.2, 0.25) is 0 Å². The Morgan fingerprint density at radius 1 is 1.28 bits per heavy atom. The predicted octanol–water partition coefficient (Wildman–Crippen LogP) is 2.18. The summed E-state index contributed by atoms with van der Waals surface area (Å²) in [5.74, 6) is 0.848. The van der Waals surface area contributed by atoms with Gasteiger partial charge in [-0.2, -0.15) is 0 Å². The van der Waals surface area contributed by atoms with Crippen LogP contribution in [-0.4, -0.2) is 39.1 Å². The number of aryl methyl sites for hydroxylation is 1. The molecule has 0 saturated heterocycles. The number of imidazole rings is 1. The minimum atomic E-state index is -0.256.